The minimum Gasteiger partial charge on any atom is -0.488 e. The summed E-state index contributed by atoms with van der Waals surface area (Å²) in [5, 5.41) is 13.4. The van der Waals surface area contributed by atoms with Crippen LogP contribution < -0.4 is 4.74 Å². The van der Waals surface area contributed by atoms with Gasteiger partial charge >= 0.3 is 18.2 Å². The molecule has 0 bridgehead atoms. The molecule has 4 rings (SSSR count). The van der Waals surface area contributed by atoms with Crippen LogP contribution in [0.15, 0.2) is 18.3 Å². The van der Waals surface area contributed by atoms with Crippen molar-refractivity contribution in [2.75, 3.05) is 7.05 Å². The highest BCUT2D eigenvalue weighted by atomic mass is 19.4. The third-order valence-corrected chi connectivity index (χ3v) is 7.23. The predicted molar refractivity (Wildman–Crippen MR) is 126 cm³/mol. The van der Waals surface area contributed by atoms with E-state index < -0.39 is 41.7 Å². The number of hydrogen-bond donors (Lipinski definition) is 1. The molecule has 0 aromatic carbocycles. The topological polar surface area (TPSA) is 107 Å². The molecule has 37 heavy (non-hydrogen) atoms. The second-order valence-electron chi connectivity index (χ2n) is 9.71. The van der Waals surface area contributed by atoms with Crippen molar-refractivity contribution in [3.05, 3.63) is 29.7 Å². The van der Waals surface area contributed by atoms with E-state index in [0.717, 1.165) is 25.7 Å². The molecular weight excluding hydrogens is 493 g/mol. The van der Waals surface area contributed by atoms with Crippen LogP contribution in [0.4, 0.5) is 18.0 Å². The van der Waals surface area contributed by atoms with Gasteiger partial charge in [-0.3, -0.25) is 9.48 Å². The lowest BCUT2D eigenvalue weighted by molar-refractivity contribution is -0.146. The largest absolute Gasteiger partial charge is 0.488 e. The smallest absolute Gasteiger partial charge is 0.437 e. The van der Waals surface area contributed by atoms with E-state index in [4.69, 9.17) is 9.47 Å². The zero-order chi connectivity index (χ0) is 26.7. The molecule has 1 amide bonds. The van der Waals surface area contributed by atoms with Gasteiger partial charge in [-0.05, 0) is 50.7 Å². The van der Waals surface area contributed by atoms with Crippen molar-refractivity contribution in [2.24, 2.45) is 13.0 Å². The number of carbonyl (C=O) groups is 2. The second-order valence-corrected chi connectivity index (χ2v) is 9.71. The van der Waals surface area contributed by atoms with E-state index in [0.29, 0.717) is 30.5 Å². The van der Waals surface area contributed by atoms with E-state index >= 15 is 0 Å². The Kier molecular flexibility index (Phi) is 7.93. The molecular formula is C25H31F3N4O5. The van der Waals surface area contributed by atoms with Crippen molar-refractivity contribution in [2.45, 2.75) is 76.3 Å². The Morgan fingerprint density at radius 3 is 2.57 bits per heavy atom. The number of carboxylic acids is 1. The molecule has 0 spiro atoms. The van der Waals surface area contributed by atoms with Crippen LogP contribution in [0.3, 0.4) is 0 Å². The monoisotopic (exact) mass is 524 g/mol. The van der Waals surface area contributed by atoms with Crippen molar-refractivity contribution in [1.82, 2.24) is 19.7 Å². The molecule has 0 saturated heterocycles. The van der Waals surface area contributed by atoms with E-state index in [1.165, 1.54) is 23.0 Å². The molecule has 2 saturated carbocycles. The van der Waals surface area contributed by atoms with Gasteiger partial charge in [-0.25, -0.2) is 9.78 Å². The lowest BCUT2D eigenvalue weighted by Gasteiger charge is -2.28. The lowest BCUT2D eigenvalue weighted by atomic mass is 9.87. The van der Waals surface area contributed by atoms with Crippen LogP contribution in [0.2, 0.25) is 0 Å². The van der Waals surface area contributed by atoms with Crippen molar-refractivity contribution < 1.29 is 37.3 Å². The third-order valence-electron chi connectivity index (χ3n) is 7.23. The SMILES string of the molecule is CN(C(=O)OCc1c(-c2ccc(O[C@H]3CCC[C@H](C(=O)O)C3)c(C(F)(F)F)n2)cnn1C)C1CCCC1. The van der Waals surface area contributed by atoms with Gasteiger partial charge in [-0.1, -0.05) is 12.8 Å². The number of aliphatic carboxylic acids is 1. The first-order valence-corrected chi connectivity index (χ1v) is 12.4. The predicted octanol–water partition coefficient (Wildman–Crippen LogP) is 5.03. The Hall–Kier alpha value is -3.31. The summed E-state index contributed by atoms with van der Waals surface area (Å²) in [6.45, 7) is -0.179. The van der Waals surface area contributed by atoms with E-state index in [9.17, 15) is 27.9 Å². The number of halogens is 3. The second kappa shape index (κ2) is 11.0. The third kappa shape index (κ3) is 6.16. The molecule has 0 radical (unpaired) electrons. The number of hydrogen-bond acceptors (Lipinski definition) is 6. The number of alkyl halides is 3. The molecule has 2 fully saturated rings. The Bertz CT molecular complexity index is 1130. The van der Waals surface area contributed by atoms with E-state index in [2.05, 4.69) is 10.1 Å². The maximum absolute atomic E-state index is 14.0. The van der Waals surface area contributed by atoms with Crippen LogP contribution in [0.1, 0.15) is 62.8 Å². The number of carbonyl (C=O) groups excluding carboxylic acids is 1. The van der Waals surface area contributed by atoms with Crippen molar-refractivity contribution in [3.8, 4) is 17.0 Å². The number of ether oxygens (including phenoxy) is 2. The standard InChI is InChI=1S/C25H31F3N4O5/c1-31(16-7-3-4-8-16)24(35)36-14-20-18(13-29-32(20)2)19-10-11-21(22(30-19)25(26,27)28)37-17-9-5-6-15(12-17)23(33)34/h10-11,13,15-17H,3-9,12,14H2,1-2H3,(H,33,34)/t15-,17-/m0/s1. The van der Waals surface area contributed by atoms with E-state index in [-0.39, 0.29) is 24.8 Å². The van der Waals surface area contributed by atoms with Gasteiger partial charge in [-0.15, -0.1) is 0 Å². The first kappa shape index (κ1) is 26.7. The number of amides is 1. The minimum atomic E-state index is -4.80. The zero-order valence-corrected chi connectivity index (χ0v) is 20.8. The summed E-state index contributed by atoms with van der Waals surface area (Å²) in [7, 11) is 3.29. The zero-order valence-electron chi connectivity index (χ0n) is 20.8. The van der Waals surface area contributed by atoms with Gasteiger partial charge in [-0.2, -0.15) is 18.3 Å². The molecule has 2 aromatic heterocycles. The van der Waals surface area contributed by atoms with Gasteiger partial charge in [0.05, 0.1) is 29.6 Å². The van der Waals surface area contributed by atoms with Gasteiger partial charge in [0.15, 0.2) is 11.4 Å². The summed E-state index contributed by atoms with van der Waals surface area (Å²) in [5.41, 5.74) is -0.483. The lowest BCUT2D eigenvalue weighted by Crippen LogP contribution is -2.35. The maximum atomic E-state index is 14.0. The molecule has 2 atom stereocenters. The van der Waals surface area contributed by atoms with Gasteiger partial charge in [0.1, 0.15) is 6.61 Å². The van der Waals surface area contributed by atoms with Crippen molar-refractivity contribution in [3.63, 3.8) is 0 Å². The van der Waals surface area contributed by atoms with Crippen LogP contribution in [0.25, 0.3) is 11.3 Å². The average Bonchev–Trinajstić information content (AvgIpc) is 3.52. The van der Waals surface area contributed by atoms with Crippen LogP contribution >= 0.6 is 0 Å². The molecule has 2 heterocycles. The van der Waals surface area contributed by atoms with E-state index in [1.807, 2.05) is 0 Å². The Morgan fingerprint density at radius 1 is 1.16 bits per heavy atom. The average molecular weight is 525 g/mol. The van der Waals surface area contributed by atoms with Crippen molar-refractivity contribution in [1.29, 1.82) is 0 Å². The minimum absolute atomic E-state index is 0.00929. The number of carboxylic acid groups (broad SMARTS) is 1. The van der Waals surface area contributed by atoms with Gasteiger partial charge in [0.2, 0.25) is 0 Å². The fourth-order valence-electron chi connectivity index (χ4n) is 5.07. The highest BCUT2D eigenvalue weighted by molar-refractivity contribution is 5.70. The highest BCUT2D eigenvalue weighted by Gasteiger charge is 2.38. The summed E-state index contributed by atoms with van der Waals surface area (Å²) in [4.78, 5) is 29.3. The first-order chi connectivity index (χ1) is 17.5. The molecule has 2 aliphatic carbocycles. The summed E-state index contributed by atoms with van der Waals surface area (Å²) in [5.74, 6) is -2.06. The molecule has 12 heteroatoms. The Labute approximate surface area is 212 Å². The number of aryl methyl sites for hydroxylation is 1. The fraction of sp³-hybridized carbons (Fsp3) is 0.600. The number of rotatable bonds is 7. The highest BCUT2D eigenvalue weighted by Crippen LogP contribution is 2.39. The molecule has 202 valence electrons. The number of aromatic nitrogens is 3. The van der Waals surface area contributed by atoms with E-state index in [1.54, 1.807) is 19.0 Å². The summed E-state index contributed by atoms with van der Waals surface area (Å²) in [6.07, 6.45) is 1.02. The maximum Gasteiger partial charge on any atom is 0.437 e. The molecule has 9 nitrogen and oxygen atoms in total. The Balaban J connectivity index is 1.53. The molecule has 1 N–H and O–H groups in total. The van der Waals surface area contributed by atoms with Crippen LogP contribution in [-0.4, -0.2) is 56.0 Å². The van der Waals surface area contributed by atoms with Crippen LogP contribution in [0, 0.1) is 5.92 Å². The van der Waals surface area contributed by atoms with Crippen LogP contribution in [0.5, 0.6) is 5.75 Å². The molecule has 2 aliphatic rings. The summed E-state index contributed by atoms with van der Waals surface area (Å²) >= 11 is 0. The normalized spacial score (nSPS) is 20.6. The van der Waals surface area contributed by atoms with Gasteiger partial charge in [0, 0.05) is 25.7 Å². The fourth-order valence-corrected chi connectivity index (χ4v) is 5.07. The summed E-state index contributed by atoms with van der Waals surface area (Å²) < 4.78 is 54.4. The van der Waals surface area contributed by atoms with Crippen molar-refractivity contribution >= 4 is 12.1 Å². The quantitative estimate of drug-likeness (QED) is 0.541. The molecule has 2 aromatic rings. The summed E-state index contributed by atoms with van der Waals surface area (Å²) in [6, 6.07) is 2.72. The molecule has 0 unspecified atom stereocenters. The van der Waals surface area contributed by atoms with Gasteiger partial charge in [0.25, 0.3) is 0 Å². The Morgan fingerprint density at radius 2 is 1.89 bits per heavy atom. The number of pyridine rings is 1. The first-order valence-electron chi connectivity index (χ1n) is 12.4. The molecule has 0 aliphatic heterocycles. The number of nitrogens with zero attached hydrogens (tertiary/aromatic N) is 4. The van der Waals surface area contributed by atoms with Crippen LogP contribution in [-0.2, 0) is 29.4 Å². The van der Waals surface area contributed by atoms with Gasteiger partial charge < -0.3 is 19.5 Å².